The quantitative estimate of drug-likeness (QED) is 0.719. The third-order valence-corrected chi connectivity index (χ3v) is 7.52. The summed E-state index contributed by atoms with van der Waals surface area (Å²) in [5, 5.41) is 0.551. The van der Waals surface area contributed by atoms with Crippen molar-refractivity contribution < 1.29 is 8.42 Å². The van der Waals surface area contributed by atoms with Crippen LogP contribution in [0.15, 0.2) is 30.3 Å². The summed E-state index contributed by atoms with van der Waals surface area (Å²) >= 11 is 5.99. The van der Waals surface area contributed by atoms with Crippen molar-refractivity contribution in [2.45, 2.75) is 25.5 Å². The highest BCUT2D eigenvalue weighted by molar-refractivity contribution is 7.88. The van der Waals surface area contributed by atoms with Crippen LogP contribution >= 0.6 is 11.6 Å². The summed E-state index contributed by atoms with van der Waals surface area (Å²) in [5.74, 6) is 2.58. The van der Waals surface area contributed by atoms with Crippen LogP contribution in [0.3, 0.4) is 0 Å². The van der Waals surface area contributed by atoms with Crippen LogP contribution in [0.2, 0.25) is 5.02 Å². The number of rotatable bonds is 5. The molecule has 0 unspecified atom stereocenters. The van der Waals surface area contributed by atoms with Gasteiger partial charge in [0.1, 0.15) is 17.5 Å². The van der Waals surface area contributed by atoms with Gasteiger partial charge >= 0.3 is 0 Å². The molecular weight excluding hydrogens is 410 g/mol. The number of nitrogens with zero attached hydrogens (tertiary/aromatic N) is 5. The molecule has 0 aliphatic carbocycles. The van der Waals surface area contributed by atoms with Gasteiger partial charge in [0.25, 0.3) is 0 Å². The molecule has 0 N–H and O–H groups in total. The van der Waals surface area contributed by atoms with E-state index in [1.165, 1.54) is 12.8 Å². The average Bonchev–Trinajstić information content (AvgIpc) is 3.22. The molecule has 0 amide bonds. The fourth-order valence-corrected chi connectivity index (χ4v) is 5.65. The van der Waals surface area contributed by atoms with E-state index in [-0.39, 0.29) is 5.75 Å². The fraction of sp³-hybridized carbons (Fsp3) is 0.500. The lowest BCUT2D eigenvalue weighted by Gasteiger charge is -2.35. The molecule has 0 saturated carbocycles. The summed E-state index contributed by atoms with van der Waals surface area (Å²) in [6.07, 6.45) is 2.39. The van der Waals surface area contributed by atoms with Crippen LogP contribution in [0.4, 0.5) is 11.6 Å². The second kappa shape index (κ2) is 8.45. The van der Waals surface area contributed by atoms with E-state index in [1.807, 2.05) is 13.0 Å². The number of anilines is 2. The molecule has 3 heterocycles. The van der Waals surface area contributed by atoms with E-state index >= 15 is 0 Å². The lowest BCUT2D eigenvalue weighted by atomic mass is 10.2. The Morgan fingerprint density at radius 2 is 1.55 bits per heavy atom. The van der Waals surface area contributed by atoms with Crippen LogP contribution < -0.4 is 9.80 Å². The van der Waals surface area contributed by atoms with Gasteiger partial charge in [0.15, 0.2) is 0 Å². The van der Waals surface area contributed by atoms with Gasteiger partial charge in [-0.3, -0.25) is 0 Å². The minimum Gasteiger partial charge on any atom is -0.356 e. The summed E-state index contributed by atoms with van der Waals surface area (Å²) in [6, 6.07) is 9.06. The zero-order chi connectivity index (χ0) is 20.4. The SMILES string of the molecule is Cc1nc(N2CCCC2)cc(N2CCN(S(=O)(=O)Cc3cccc(Cl)c3)CC2)n1. The smallest absolute Gasteiger partial charge is 0.218 e. The first kappa shape index (κ1) is 20.4. The van der Waals surface area contributed by atoms with E-state index in [0.717, 1.165) is 30.5 Å². The molecule has 156 valence electrons. The van der Waals surface area contributed by atoms with E-state index in [4.69, 9.17) is 11.6 Å². The number of hydrogen-bond acceptors (Lipinski definition) is 6. The van der Waals surface area contributed by atoms with Gasteiger partial charge in [-0.05, 0) is 37.5 Å². The molecule has 1 aromatic carbocycles. The molecule has 7 nitrogen and oxygen atoms in total. The Morgan fingerprint density at radius 3 is 2.17 bits per heavy atom. The van der Waals surface area contributed by atoms with Gasteiger partial charge in [-0.2, -0.15) is 4.31 Å². The summed E-state index contributed by atoms with van der Waals surface area (Å²) in [4.78, 5) is 13.6. The Kier molecular flexibility index (Phi) is 5.94. The Balaban J connectivity index is 1.42. The highest BCUT2D eigenvalue weighted by Gasteiger charge is 2.28. The first-order valence-corrected chi connectivity index (χ1v) is 12.0. The van der Waals surface area contributed by atoms with Crippen LogP contribution in [-0.4, -0.2) is 62.0 Å². The summed E-state index contributed by atoms with van der Waals surface area (Å²) in [7, 11) is -3.38. The molecule has 4 rings (SSSR count). The van der Waals surface area contributed by atoms with Crippen LogP contribution in [0.25, 0.3) is 0 Å². The third kappa shape index (κ3) is 4.82. The van der Waals surface area contributed by atoms with Gasteiger partial charge in [0.05, 0.1) is 5.75 Å². The molecule has 2 aliphatic rings. The average molecular weight is 436 g/mol. The number of aromatic nitrogens is 2. The van der Waals surface area contributed by atoms with Gasteiger partial charge in [-0.15, -0.1) is 0 Å². The van der Waals surface area contributed by atoms with Crippen molar-refractivity contribution in [1.82, 2.24) is 14.3 Å². The molecule has 0 atom stereocenters. The number of sulfonamides is 1. The summed E-state index contributed by atoms with van der Waals surface area (Å²) in [5.41, 5.74) is 0.710. The number of benzene rings is 1. The molecule has 0 bridgehead atoms. The Hall–Kier alpha value is -1.90. The van der Waals surface area contributed by atoms with Crippen molar-refractivity contribution in [1.29, 1.82) is 0 Å². The standard InChI is InChI=1S/C20H26ClN5O2S/c1-16-22-19(24-7-2-3-8-24)14-20(23-16)25-9-11-26(12-10-25)29(27,28)15-17-5-4-6-18(21)13-17/h4-6,13-14H,2-3,7-12,15H2,1H3. The molecule has 2 saturated heterocycles. The monoisotopic (exact) mass is 435 g/mol. The van der Waals surface area contributed by atoms with Crippen molar-refractivity contribution in [2.75, 3.05) is 49.1 Å². The molecule has 2 fully saturated rings. The van der Waals surface area contributed by atoms with Crippen molar-refractivity contribution >= 4 is 33.3 Å². The van der Waals surface area contributed by atoms with Crippen molar-refractivity contribution in [3.8, 4) is 0 Å². The van der Waals surface area contributed by atoms with E-state index in [1.54, 1.807) is 28.6 Å². The first-order chi connectivity index (χ1) is 13.9. The molecule has 0 radical (unpaired) electrons. The maximum atomic E-state index is 12.8. The topological polar surface area (TPSA) is 69.6 Å². The van der Waals surface area contributed by atoms with Crippen LogP contribution in [0.5, 0.6) is 0 Å². The van der Waals surface area contributed by atoms with Crippen molar-refractivity contribution in [2.24, 2.45) is 0 Å². The normalized spacial score (nSPS) is 18.4. The first-order valence-electron chi connectivity index (χ1n) is 9.98. The lowest BCUT2D eigenvalue weighted by Crippen LogP contribution is -2.49. The minimum absolute atomic E-state index is 0.0285. The highest BCUT2D eigenvalue weighted by atomic mass is 35.5. The Morgan fingerprint density at radius 1 is 0.931 bits per heavy atom. The van der Waals surface area contributed by atoms with Crippen molar-refractivity contribution in [3.63, 3.8) is 0 Å². The van der Waals surface area contributed by atoms with Crippen LogP contribution in [-0.2, 0) is 15.8 Å². The van der Waals surface area contributed by atoms with Crippen LogP contribution in [0.1, 0.15) is 24.2 Å². The maximum absolute atomic E-state index is 12.8. The van der Waals surface area contributed by atoms with Crippen molar-refractivity contribution in [3.05, 3.63) is 46.7 Å². The van der Waals surface area contributed by atoms with Gasteiger partial charge in [-0.25, -0.2) is 18.4 Å². The number of aryl methyl sites for hydroxylation is 1. The number of halogens is 1. The summed E-state index contributed by atoms with van der Waals surface area (Å²) < 4.78 is 27.2. The second-order valence-electron chi connectivity index (χ2n) is 7.60. The molecule has 1 aromatic heterocycles. The number of piperazine rings is 1. The van der Waals surface area contributed by atoms with Gasteiger partial charge in [0.2, 0.25) is 10.0 Å². The molecule has 9 heteroatoms. The van der Waals surface area contributed by atoms with E-state index < -0.39 is 10.0 Å². The van der Waals surface area contributed by atoms with E-state index in [2.05, 4.69) is 19.8 Å². The molecule has 2 aromatic rings. The van der Waals surface area contributed by atoms with Gasteiger partial charge in [0, 0.05) is 50.4 Å². The predicted octanol–water partition coefficient (Wildman–Crippen LogP) is 2.69. The molecular formula is C20H26ClN5O2S. The third-order valence-electron chi connectivity index (χ3n) is 5.44. The maximum Gasteiger partial charge on any atom is 0.218 e. The zero-order valence-corrected chi connectivity index (χ0v) is 18.2. The van der Waals surface area contributed by atoms with Gasteiger partial charge in [-0.1, -0.05) is 23.7 Å². The van der Waals surface area contributed by atoms with Crippen LogP contribution in [0, 0.1) is 6.92 Å². The van der Waals surface area contributed by atoms with E-state index in [9.17, 15) is 8.42 Å². The minimum atomic E-state index is -3.38. The van der Waals surface area contributed by atoms with Gasteiger partial charge < -0.3 is 9.80 Å². The fourth-order valence-electron chi connectivity index (χ4n) is 3.93. The Labute approximate surface area is 177 Å². The highest BCUT2D eigenvalue weighted by Crippen LogP contribution is 2.24. The second-order valence-corrected chi connectivity index (χ2v) is 10.0. The van der Waals surface area contributed by atoms with E-state index in [0.29, 0.717) is 36.8 Å². The zero-order valence-electron chi connectivity index (χ0n) is 16.6. The largest absolute Gasteiger partial charge is 0.356 e. The Bertz CT molecular complexity index is 971. The predicted molar refractivity (Wildman–Crippen MR) is 116 cm³/mol. The lowest BCUT2D eigenvalue weighted by molar-refractivity contribution is 0.383. The summed E-state index contributed by atoms with van der Waals surface area (Å²) in [6.45, 7) is 6.11. The molecule has 2 aliphatic heterocycles. The molecule has 29 heavy (non-hydrogen) atoms. The number of hydrogen-bond donors (Lipinski definition) is 0. The molecule has 0 spiro atoms.